The zero-order chi connectivity index (χ0) is 23.8. The number of rotatable bonds is 8. The van der Waals surface area contributed by atoms with E-state index in [-0.39, 0.29) is 6.03 Å². The number of carbonyl (C=O) groups is 1. The maximum atomic E-state index is 12.3. The Morgan fingerprint density at radius 2 is 1.09 bits per heavy atom. The minimum atomic E-state index is -0.253. The van der Waals surface area contributed by atoms with Crippen LogP contribution in [0.15, 0.2) is 103 Å². The van der Waals surface area contributed by atoms with Gasteiger partial charge in [-0.05, 0) is 43.3 Å². The van der Waals surface area contributed by atoms with Crippen LogP contribution in [0.25, 0.3) is 0 Å². The zero-order valence-electron chi connectivity index (χ0n) is 19.4. The molecule has 4 aromatic carbocycles. The quantitative estimate of drug-likeness (QED) is 0.285. The van der Waals surface area contributed by atoms with E-state index in [4.69, 9.17) is 5.73 Å². The van der Waals surface area contributed by atoms with Crippen molar-refractivity contribution in [2.75, 3.05) is 16.4 Å². The van der Waals surface area contributed by atoms with E-state index in [1.54, 1.807) is 0 Å². The van der Waals surface area contributed by atoms with E-state index in [1.807, 2.05) is 61.5 Å². The average molecular weight is 452 g/mol. The van der Waals surface area contributed by atoms with Crippen LogP contribution in [-0.4, -0.2) is 6.03 Å². The number of nitrogens with two attached hydrogens (primary N) is 1. The minimum Gasteiger partial charge on any atom is -0.399 e. The minimum absolute atomic E-state index is 0.253. The van der Waals surface area contributed by atoms with Crippen molar-refractivity contribution in [3.63, 3.8) is 0 Å². The van der Waals surface area contributed by atoms with Crippen LogP contribution in [0.1, 0.15) is 22.3 Å². The highest BCUT2D eigenvalue weighted by atomic mass is 16.2. The molecule has 0 fully saturated rings. The van der Waals surface area contributed by atoms with E-state index in [0.717, 1.165) is 42.3 Å². The Hall–Kier alpha value is -4.09. The molecular weight excluding hydrogens is 420 g/mol. The van der Waals surface area contributed by atoms with Gasteiger partial charge in [0, 0.05) is 33.8 Å². The first-order valence-electron chi connectivity index (χ1n) is 11.5. The number of anilines is 3. The smallest absolute Gasteiger partial charge is 0.323 e. The lowest BCUT2D eigenvalue weighted by atomic mass is 10.1. The molecule has 4 aromatic rings. The zero-order valence-corrected chi connectivity index (χ0v) is 19.4. The standard InChI is InChI=1S/C29H30N4O/c1-22-7-15-27(16-8-22)31-29(34)32-28-17-11-25(12-18-28)21-33(19-23-5-3-2-4-6-23)20-24-9-13-26(30)14-10-24/h2-18H,19-21,30H2,1H3,(H2,31,32,34)/p+1. The van der Waals surface area contributed by atoms with Crippen molar-refractivity contribution in [3.05, 3.63) is 125 Å². The van der Waals surface area contributed by atoms with Crippen molar-refractivity contribution in [2.45, 2.75) is 26.6 Å². The number of aryl methyl sites for hydroxylation is 1. The monoisotopic (exact) mass is 451 g/mol. The fraction of sp³-hybridized carbons (Fsp3) is 0.138. The Morgan fingerprint density at radius 3 is 1.62 bits per heavy atom. The number of hydrogen-bond donors (Lipinski definition) is 4. The molecule has 34 heavy (non-hydrogen) atoms. The lowest BCUT2D eigenvalue weighted by Crippen LogP contribution is -3.08. The maximum Gasteiger partial charge on any atom is 0.323 e. The van der Waals surface area contributed by atoms with E-state index >= 15 is 0 Å². The molecule has 0 spiro atoms. The molecule has 0 radical (unpaired) electrons. The van der Waals surface area contributed by atoms with Gasteiger partial charge >= 0.3 is 6.03 Å². The van der Waals surface area contributed by atoms with Crippen molar-refractivity contribution >= 4 is 23.1 Å². The highest BCUT2D eigenvalue weighted by Gasteiger charge is 2.13. The molecule has 1 unspecified atom stereocenters. The summed E-state index contributed by atoms with van der Waals surface area (Å²) in [5, 5.41) is 5.76. The van der Waals surface area contributed by atoms with Gasteiger partial charge in [-0.2, -0.15) is 0 Å². The van der Waals surface area contributed by atoms with Crippen LogP contribution in [0.5, 0.6) is 0 Å². The summed E-state index contributed by atoms with van der Waals surface area (Å²) in [6.45, 7) is 4.71. The van der Waals surface area contributed by atoms with Gasteiger partial charge in [-0.1, -0.05) is 72.3 Å². The Balaban J connectivity index is 1.39. The van der Waals surface area contributed by atoms with Gasteiger partial charge in [0.15, 0.2) is 0 Å². The summed E-state index contributed by atoms with van der Waals surface area (Å²) in [6, 6.07) is 34.2. The molecule has 0 saturated heterocycles. The van der Waals surface area contributed by atoms with Crippen LogP contribution in [-0.2, 0) is 19.6 Å². The fourth-order valence-corrected chi connectivity index (χ4v) is 3.92. The van der Waals surface area contributed by atoms with E-state index in [2.05, 4.69) is 59.2 Å². The maximum absolute atomic E-state index is 12.3. The first-order chi connectivity index (χ1) is 16.5. The second-order valence-electron chi connectivity index (χ2n) is 8.65. The number of quaternary nitrogens is 1. The number of hydrogen-bond acceptors (Lipinski definition) is 2. The molecule has 0 aromatic heterocycles. The highest BCUT2D eigenvalue weighted by molar-refractivity contribution is 5.99. The van der Waals surface area contributed by atoms with E-state index in [1.165, 1.54) is 21.6 Å². The molecule has 0 aliphatic heterocycles. The second-order valence-corrected chi connectivity index (χ2v) is 8.65. The lowest BCUT2D eigenvalue weighted by Gasteiger charge is -2.20. The number of amides is 2. The predicted molar refractivity (Wildman–Crippen MR) is 140 cm³/mol. The summed E-state index contributed by atoms with van der Waals surface area (Å²) in [4.78, 5) is 13.7. The summed E-state index contributed by atoms with van der Waals surface area (Å²) in [5.74, 6) is 0. The van der Waals surface area contributed by atoms with Gasteiger partial charge < -0.3 is 21.3 Å². The molecule has 0 heterocycles. The molecule has 172 valence electrons. The topological polar surface area (TPSA) is 71.6 Å². The van der Waals surface area contributed by atoms with Crippen LogP contribution in [0.4, 0.5) is 21.9 Å². The van der Waals surface area contributed by atoms with Gasteiger partial charge in [-0.15, -0.1) is 0 Å². The first kappa shape index (κ1) is 23.1. The van der Waals surface area contributed by atoms with Gasteiger partial charge in [0.25, 0.3) is 0 Å². The summed E-state index contributed by atoms with van der Waals surface area (Å²) >= 11 is 0. The molecule has 4 rings (SSSR count). The summed E-state index contributed by atoms with van der Waals surface area (Å²) < 4.78 is 0. The van der Waals surface area contributed by atoms with Crippen molar-refractivity contribution in [2.24, 2.45) is 0 Å². The number of urea groups is 1. The molecule has 5 heteroatoms. The van der Waals surface area contributed by atoms with Crippen LogP contribution in [0.3, 0.4) is 0 Å². The van der Waals surface area contributed by atoms with Gasteiger partial charge in [0.2, 0.25) is 0 Å². The number of carbonyl (C=O) groups excluding carboxylic acids is 1. The lowest BCUT2D eigenvalue weighted by molar-refractivity contribution is -0.941. The molecule has 5 nitrogen and oxygen atoms in total. The van der Waals surface area contributed by atoms with Gasteiger partial charge in [0.05, 0.1) is 0 Å². The third-order valence-electron chi connectivity index (χ3n) is 5.71. The van der Waals surface area contributed by atoms with Crippen LogP contribution in [0, 0.1) is 6.92 Å². The molecule has 0 bridgehead atoms. The first-order valence-corrected chi connectivity index (χ1v) is 11.5. The number of nitrogen functional groups attached to an aromatic ring is 1. The van der Waals surface area contributed by atoms with Crippen LogP contribution >= 0.6 is 0 Å². The fourth-order valence-electron chi connectivity index (χ4n) is 3.92. The van der Waals surface area contributed by atoms with E-state index < -0.39 is 0 Å². The Kier molecular flexibility index (Phi) is 7.58. The largest absolute Gasteiger partial charge is 0.399 e. The average Bonchev–Trinajstić information content (AvgIpc) is 2.84. The number of benzene rings is 4. The normalized spacial score (nSPS) is 11.6. The Bertz CT molecular complexity index is 1190. The molecule has 0 aliphatic rings. The molecule has 1 atom stereocenters. The SMILES string of the molecule is Cc1ccc(NC(=O)Nc2ccc(C[NH+](Cc3ccccc3)Cc3ccc(N)cc3)cc2)cc1. The second kappa shape index (κ2) is 11.2. The third-order valence-corrected chi connectivity index (χ3v) is 5.71. The van der Waals surface area contributed by atoms with E-state index in [9.17, 15) is 4.79 Å². The molecule has 0 saturated carbocycles. The Labute approximate surface area is 201 Å². The highest BCUT2D eigenvalue weighted by Crippen LogP contribution is 2.12. The molecule has 0 aliphatic carbocycles. The summed E-state index contributed by atoms with van der Waals surface area (Å²) in [5.41, 5.74) is 13.1. The van der Waals surface area contributed by atoms with Gasteiger partial charge in [0.1, 0.15) is 19.6 Å². The van der Waals surface area contributed by atoms with Crippen LogP contribution < -0.4 is 21.3 Å². The van der Waals surface area contributed by atoms with E-state index in [0.29, 0.717) is 0 Å². The Morgan fingerprint density at radius 1 is 0.647 bits per heavy atom. The predicted octanol–water partition coefficient (Wildman–Crippen LogP) is 5.01. The summed E-state index contributed by atoms with van der Waals surface area (Å²) in [6.07, 6.45) is 0. The van der Waals surface area contributed by atoms with Gasteiger partial charge in [-0.25, -0.2) is 4.79 Å². The molecule has 2 amide bonds. The molecule has 5 N–H and O–H groups in total. The van der Waals surface area contributed by atoms with Gasteiger partial charge in [-0.3, -0.25) is 0 Å². The number of nitrogens with one attached hydrogen (secondary N) is 3. The van der Waals surface area contributed by atoms with Crippen molar-refractivity contribution in [1.82, 2.24) is 0 Å². The van der Waals surface area contributed by atoms with Crippen LogP contribution in [0.2, 0.25) is 0 Å². The summed E-state index contributed by atoms with van der Waals surface area (Å²) in [7, 11) is 0. The van der Waals surface area contributed by atoms with Crippen molar-refractivity contribution < 1.29 is 9.69 Å². The third kappa shape index (κ3) is 6.95. The van der Waals surface area contributed by atoms with Crippen molar-refractivity contribution in [1.29, 1.82) is 0 Å². The van der Waals surface area contributed by atoms with Crippen molar-refractivity contribution in [3.8, 4) is 0 Å². The molecular formula is C29H31N4O+.